The van der Waals surface area contributed by atoms with Gasteiger partial charge in [-0.3, -0.25) is 9.69 Å². The summed E-state index contributed by atoms with van der Waals surface area (Å²) in [5.41, 5.74) is 0.299. The lowest BCUT2D eigenvalue weighted by Crippen LogP contribution is -2.52. The summed E-state index contributed by atoms with van der Waals surface area (Å²) in [5.74, 6) is -0.202. The predicted molar refractivity (Wildman–Crippen MR) is 102 cm³/mol. The van der Waals surface area contributed by atoms with E-state index in [0.717, 1.165) is 12.1 Å². The molecule has 0 aliphatic carbocycles. The van der Waals surface area contributed by atoms with Gasteiger partial charge in [0, 0.05) is 31.9 Å². The fourth-order valence-electron chi connectivity index (χ4n) is 3.12. The van der Waals surface area contributed by atoms with Gasteiger partial charge < -0.3 is 10.2 Å². The van der Waals surface area contributed by atoms with E-state index in [2.05, 4.69) is 5.32 Å². The highest BCUT2D eigenvalue weighted by atomic mass is 32.1. The minimum Gasteiger partial charge on any atom is -0.369 e. The number of carbonyl (C=O) groups is 1. The lowest BCUT2D eigenvalue weighted by atomic mass is 10.1. The molecule has 1 aliphatic heterocycles. The molecular formula is C19H19F3N4OS. The van der Waals surface area contributed by atoms with Crippen molar-refractivity contribution < 1.29 is 18.0 Å². The number of carbonyl (C=O) groups excluding carboxylic acids is 1. The van der Waals surface area contributed by atoms with Gasteiger partial charge in [-0.1, -0.05) is 6.07 Å². The van der Waals surface area contributed by atoms with E-state index < -0.39 is 17.8 Å². The van der Waals surface area contributed by atoms with Crippen LogP contribution in [0.2, 0.25) is 0 Å². The molecule has 1 aliphatic rings. The topological polar surface area (TPSA) is 59.4 Å². The van der Waals surface area contributed by atoms with E-state index in [1.807, 2.05) is 15.9 Å². The summed E-state index contributed by atoms with van der Waals surface area (Å²) in [7, 11) is 0. The molecule has 0 unspecified atom stereocenters. The second kappa shape index (κ2) is 8.20. The van der Waals surface area contributed by atoms with Crippen LogP contribution >= 0.6 is 11.3 Å². The van der Waals surface area contributed by atoms with Crippen LogP contribution in [0.4, 0.5) is 23.9 Å². The fourth-order valence-corrected chi connectivity index (χ4v) is 3.86. The first kappa shape index (κ1) is 20.2. The quantitative estimate of drug-likeness (QED) is 0.836. The van der Waals surface area contributed by atoms with E-state index in [-0.39, 0.29) is 5.91 Å². The maximum Gasteiger partial charge on any atom is 0.416 e. The van der Waals surface area contributed by atoms with Gasteiger partial charge in [-0.05, 0) is 36.6 Å². The first-order valence-electron chi connectivity index (χ1n) is 8.74. The van der Waals surface area contributed by atoms with Crippen LogP contribution in [0.1, 0.15) is 18.1 Å². The highest BCUT2D eigenvalue weighted by Crippen LogP contribution is 2.32. The molecule has 28 heavy (non-hydrogen) atoms. The molecule has 1 atom stereocenters. The second-order valence-electron chi connectivity index (χ2n) is 6.51. The summed E-state index contributed by atoms with van der Waals surface area (Å²) >= 11 is 1.29. The van der Waals surface area contributed by atoms with Crippen molar-refractivity contribution in [2.45, 2.75) is 19.1 Å². The Hall–Kier alpha value is -2.57. The molecule has 9 heteroatoms. The maximum atomic E-state index is 12.9. The molecule has 148 valence electrons. The van der Waals surface area contributed by atoms with Crippen LogP contribution in [-0.4, -0.2) is 43.0 Å². The number of nitriles is 1. The van der Waals surface area contributed by atoms with Gasteiger partial charge in [0.15, 0.2) is 0 Å². The Morgan fingerprint density at radius 3 is 2.61 bits per heavy atom. The van der Waals surface area contributed by atoms with Crippen molar-refractivity contribution in [1.29, 1.82) is 5.26 Å². The largest absolute Gasteiger partial charge is 0.416 e. The summed E-state index contributed by atoms with van der Waals surface area (Å²) in [4.78, 5) is 16.4. The van der Waals surface area contributed by atoms with Gasteiger partial charge >= 0.3 is 6.18 Å². The summed E-state index contributed by atoms with van der Waals surface area (Å²) < 4.78 is 38.7. The second-order valence-corrected chi connectivity index (χ2v) is 7.43. The van der Waals surface area contributed by atoms with Crippen LogP contribution in [0.15, 0.2) is 35.7 Å². The van der Waals surface area contributed by atoms with Crippen LogP contribution in [0.3, 0.4) is 0 Å². The van der Waals surface area contributed by atoms with Crippen LogP contribution in [0.5, 0.6) is 0 Å². The zero-order chi connectivity index (χ0) is 20.3. The highest BCUT2D eigenvalue weighted by Gasteiger charge is 2.31. The van der Waals surface area contributed by atoms with Crippen molar-refractivity contribution in [3.05, 3.63) is 46.8 Å². The summed E-state index contributed by atoms with van der Waals surface area (Å²) in [6.45, 7) is 3.96. The SMILES string of the molecule is C[C@H](C(=O)Nc1sccc1C#N)N1CCN(c2cccc(C(F)(F)F)c2)CC1. The number of piperazine rings is 1. The molecule has 2 aromatic rings. The number of anilines is 2. The molecule has 0 bridgehead atoms. The summed E-state index contributed by atoms with van der Waals surface area (Å²) in [5, 5.41) is 14.1. The predicted octanol–water partition coefficient (Wildman–Crippen LogP) is 3.79. The molecule has 1 aromatic carbocycles. The Balaban J connectivity index is 1.59. The molecule has 1 amide bonds. The Morgan fingerprint density at radius 2 is 1.96 bits per heavy atom. The third kappa shape index (κ3) is 4.46. The molecule has 3 rings (SSSR count). The summed E-state index contributed by atoms with van der Waals surface area (Å²) in [6.07, 6.45) is -4.37. The van der Waals surface area contributed by atoms with Crippen molar-refractivity contribution in [1.82, 2.24) is 4.90 Å². The van der Waals surface area contributed by atoms with Gasteiger partial charge in [-0.15, -0.1) is 11.3 Å². The van der Waals surface area contributed by atoms with Crippen molar-refractivity contribution in [3.8, 4) is 6.07 Å². The fraction of sp³-hybridized carbons (Fsp3) is 0.368. The van der Waals surface area contributed by atoms with E-state index in [1.54, 1.807) is 24.4 Å². The molecule has 0 radical (unpaired) electrons. The Morgan fingerprint density at radius 1 is 1.25 bits per heavy atom. The van der Waals surface area contributed by atoms with Crippen LogP contribution in [0, 0.1) is 11.3 Å². The molecular weight excluding hydrogens is 389 g/mol. The number of rotatable bonds is 4. The van der Waals surface area contributed by atoms with Gasteiger partial charge in [-0.2, -0.15) is 18.4 Å². The lowest BCUT2D eigenvalue weighted by molar-refractivity contribution is -0.137. The van der Waals surface area contributed by atoms with Crippen LogP contribution < -0.4 is 10.2 Å². The van der Waals surface area contributed by atoms with Crippen molar-refractivity contribution in [3.63, 3.8) is 0 Å². The molecule has 5 nitrogen and oxygen atoms in total. The minimum absolute atomic E-state index is 0.202. The molecule has 1 fully saturated rings. The molecule has 1 aromatic heterocycles. The maximum absolute atomic E-state index is 12.9. The smallest absolute Gasteiger partial charge is 0.369 e. The number of benzene rings is 1. The Labute approximate surface area is 165 Å². The van der Waals surface area contributed by atoms with Crippen molar-refractivity contribution in [2.24, 2.45) is 0 Å². The highest BCUT2D eigenvalue weighted by molar-refractivity contribution is 7.14. The monoisotopic (exact) mass is 408 g/mol. The first-order chi connectivity index (χ1) is 13.3. The minimum atomic E-state index is -4.37. The number of nitrogens with one attached hydrogen (secondary N) is 1. The number of amides is 1. The van der Waals surface area contributed by atoms with Crippen LogP contribution in [-0.2, 0) is 11.0 Å². The van der Waals surface area contributed by atoms with E-state index in [4.69, 9.17) is 5.26 Å². The summed E-state index contributed by atoms with van der Waals surface area (Å²) in [6, 6.07) is 8.58. The number of nitrogens with zero attached hydrogens (tertiary/aromatic N) is 3. The number of hydrogen-bond acceptors (Lipinski definition) is 5. The van der Waals surface area contributed by atoms with Crippen molar-refractivity contribution >= 4 is 27.9 Å². The van der Waals surface area contributed by atoms with Gasteiger partial charge in [0.05, 0.1) is 17.2 Å². The van der Waals surface area contributed by atoms with E-state index in [9.17, 15) is 18.0 Å². The van der Waals surface area contributed by atoms with Crippen LogP contribution in [0.25, 0.3) is 0 Å². The molecule has 1 N–H and O–H groups in total. The number of hydrogen-bond donors (Lipinski definition) is 1. The van der Waals surface area contributed by atoms with Gasteiger partial charge in [0.2, 0.25) is 5.91 Å². The van der Waals surface area contributed by atoms with Gasteiger partial charge in [0.25, 0.3) is 0 Å². The van der Waals surface area contributed by atoms with Crippen molar-refractivity contribution in [2.75, 3.05) is 36.4 Å². The lowest BCUT2D eigenvalue weighted by Gasteiger charge is -2.38. The number of thiophene rings is 1. The zero-order valence-electron chi connectivity index (χ0n) is 15.2. The molecule has 0 saturated carbocycles. The normalized spacial score (nSPS) is 16.5. The number of alkyl halides is 3. The van der Waals surface area contributed by atoms with Gasteiger partial charge in [-0.25, -0.2) is 0 Å². The number of halogens is 3. The van der Waals surface area contributed by atoms with Gasteiger partial charge in [0.1, 0.15) is 11.1 Å². The average Bonchev–Trinajstić information content (AvgIpc) is 3.14. The molecule has 2 heterocycles. The van der Waals surface area contributed by atoms with E-state index >= 15 is 0 Å². The van der Waals surface area contributed by atoms with E-state index in [1.165, 1.54) is 17.4 Å². The third-order valence-electron chi connectivity index (χ3n) is 4.80. The average molecular weight is 408 g/mol. The first-order valence-corrected chi connectivity index (χ1v) is 9.62. The third-order valence-corrected chi connectivity index (χ3v) is 5.63. The zero-order valence-corrected chi connectivity index (χ0v) is 16.0. The molecule has 1 saturated heterocycles. The Bertz CT molecular complexity index is 882. The standard InChI is InChI=1S/C19H19F3N4OS/c1-13(17(27)24-18-14(12-23)5-10-28-18)25-6-8-26(9-7-25)16-4-2-3-15(11-16)19(20,21)22/h2-5,10-11,13H,6-9H2,1H3,(H,24,27)/t13-/m1/s1. The Kier molecular flexibility index (Phi) is 5.91. The van der Waals surface area contributed by atoms with E-state index in [0.29, 0.717) is 42.4 Å². The molecule has 0 spiro atoms.